The average molecular weight is 440 g/mol. The summed E-state index contributed by atoms with van der Waals surface area (Å²) in [6.07, 6.45) is 10.8. The number of nitrogens with zero attached hydrogens (tertiary/aromatic N) is 3. The summed E-state index contributed by atoms with van der Waals surface area (Å²) in [6.45, 7) is 2.24. The number of allylic oxidation sites excluding steroid dienone is 1. The quantitative estimate of drug-likeness (QED) is 0.135. The minimum Gasteiger partial charge on any atom is -0.691 e. The van der Waals surface area contributed by atoms with Gasteiger partial charge in [0.05, 0.1) is 0 Å². The van der Waals surface area contributed by atoms with Crippen LogP contribution in [0.5, 0.6) is 0 Å². The van der Waals surface area contributed by atoms with E-state index in [1.165, 1.54) is 49.3 Å². The van der Waals surface area contributed by atoms with Crippen LogP contribution in [0.15, 0.2) is 78.9 Å². The first-order valence-electron chi connectivity index (χ1n) is 11.6. The third-order valence-electron chi connectivity index (χ3n) is 5.88. The van der Waals surface area contributed by atoms with E-state index in [2.05, 4.69) is 48.5 Å². The molecule has 5 nitrogen and oxygen atoms in total. The van der Waals surface area contributed by atoms with Gasteiger partial charge in [0.2, 0.25) is 11.0 Å². The molecular formula is C28H29N3O2. The molecule has 33 heavy (non-hydrogen) atoms. The van der Waals surface area contributed by atoms with E-state index in [9.17, 15) is 10.0 Å². The minimum absolute atomic E-state index is 0.366. The Hall–Kier alpha value is -3.73. The molecule has 0 fully saturated rings. The van der Waals surface area contributed by atoms with Crippen molar-refractivity contribution in [1.29, 1.82) is 0 Å². The van der Waals surface area contributed by atoms with Crippen LogP contribution >= 0.6 is 0 Å². The molecule has 0 radical (unpaired) electrons. The maximum absolute atomic E-state index is 12.6. The number of fused-ring (bicyclic) bond motifs is 1. The minimum atomic E-state index is -0.366. The Kier molecular flexibility index (Phi) is 7.30. The van der Waals surface area contributed by atoms with E-state index in [0.29, 0.717) is 15.9 Å². The number of carbonyl (C=O) groups excluding carboxylic acids is 1. The third kappa shape index (κ3) is 5.55. The lowest BCUT2D eigenvalue weighted by Crippen LogP contribution is -2.30. The first-order valence-corrected chi connectivity index (χ1v) is 11.6. The summed E-state index contributed by atoms with van der Waals surface area (Å²) >= 11 is 0. The first kappa shape index (κ1) is 22.5. The van der Waals surface area contributed by atoms with E-state index in [4.69, 9.17) is 0 Å². The van der Waals surface area contributed by atoms with Crippen molar-refractivity contribution in [2.24, 2.45) is 0 Å². The molecule has 0 atom stereocenters. The van der Waals surface area contributed by atoms with Gasteiger partial charge in [0.25, 0.3) is 0 Å². The molecule has 4 rings (SSSR count). The number of carbonyl (C=O) groups is 1. The van der Waals surface area contributed by atoms with Crippen LogP contribution in [-0.2, 0) is 6.42 Å². The SMILES string of the molecule is CCCCCCCc1ccc(-c2ccc(/C=C/C(=O)n3n[n+]([O-])c4ccccc43)cc2)cc1. The number of benzene rings is 3. The molecule has 0 aliphatic carbocycles. The molecule has 4 aromatic rings. The topological polar surface area (TPSA) is 61.8 Å². The lowest BCUT2D eigenvalue weighted by atomic mass is 10.00. The van der Waals surface area contributed by atoms with Crippen molar-refractivity contribution in [3.05, 3.63) is 95.2 Å². The predicted molar refractivity (Wildman–Crippen MR) is 133 cm³/mol. The summed E-state index contributed by atoms with van der Waals surface area (Å²) in [7, 11) is 0. The largest absolute Gasteiger partial charge is 0.691 e. The van der Waals surface area contributed by atoms with Gasteiger partial charge in [-0.2, -0.15) is 0 Å². The van der Waals surface area contributed by atoms with Crippen molar-refractivity contribution >= 4 is 23.0 Å². The fraction of sp³-hybridized carbons (Fsp3) is 0.250. The van der Waals surface area contributed by atoms with Crippen molar-refractivity contribution in [3.8, 4) is 11.1 Å². The van der Waals surface area contributed by atoms with Crippen molar-refractivity contribution < 1.29 is 9.64 Å². The van der Waals surface area contributed by atoms with Gasteiger partial charge in [0, 0.05) is 6.08 Å². The Bertz CT molecular complexity index is 1240. The molecule has 3 aromatic carbocycles. The van der Waals surface area contributed by atoms with Crippen molar-refractivity contribution in [2.75, 3.05) is 0 Å². The van der Waals surface area contributed by atoms with Gasteiger partial charge < -0.3 is 5.21 Å². The van der Waals surface area contributed by atoms with Crippen LogP contribution in [0.4, 0.5) is 0 Å². The van der Waals surface area contributed by atoms with Crippen LogP contribution in [0.3, 0.4) is 0 Å². The predicted octanol–water partition coefficient (Wildman–Crippen LogP) is 6.20. The summed E-state index contributed by atoms with van der Waals surface area (Å²) < 4.78 is 1.12. The van der Waals surface area contributed by atoms with Crippen LogP contribution < -0.4 is 4.85 Å². The third-order valence-corrected chi connectivity index (χ3v) is 5.88. The summed E-state index contributed by atoms with van der Waals surface area (Å²) in [6, 6.07) is 23.7. The van der Waals surface area contributed by atoms with E-state index in [-0.39, 0.29) is 5.91 Å². The van der Waals surface area contributed by atoms with Crippen LogP contribution in [0, 0.1) is 5.21 Å². The van der Waals surface area contributed by atoms with Crippen LogP contribution in [0.1, 0.15) is 54.9 Å². The van der Waals surface area contributed by atoms with Crippen LogP contribution in [-0.4, -0.2) is 15.8 Å². The molecule has 0 aliphatic rings. The Morgan fingerprint density at radius 1 is 0.909 bits per heavy atom. The van der Waals surface area contributed by atoms with E-state index < -0.39 is 0 Å². The van der Waals surface area contributed by atoms with Crippen molar-refractivity contribution in [3.63, 3.8) is 0 Å². The van der Waals surface area contributed by atoms with Gasteiger partial charge in [-0.25, -0.2) is 4.79 Å². The second-order valence-corrected chi connectivity index (χ2v) is 8.32. The molecule has 0 bridgehead atoms. The fourth-order valence-electron chi connectivity index (χ4n) is 3.97. The molecule has 0 aliphatic heterocycles. The van der Waals surface area contributed by atoms with Crippen LogP contribution in [0.2, 0.25) is 0 Å². The van der Waals surface area contributed by atoms with Gasteiger partial charge in [-0.05, 0) is 53.3 Å². The highest BCUT2D eigenvalue weighted by atomic mass is 16.5. The first-order chi connectivity index (χ1) is 16.2. The maximum atomic E-state index is 12.6. The van der Waals surface area contributed by atoms with Gasteiger partial charge >= 0.3 is 5.91 Å². The molecule has 0 unspecified atom stereocenters. The molecular weight excluding hydrogens is 410 g/mol. The molecule has 0 saturated heterocycles. The lowest BCUT2D eigenvalue weighted by molar-refractivity contribution is -0.645. The normalized spacial score (nSPS) is 11.4. The Balaban J connectivity index is 1.38. The smallest absolute Gasteiger partial charge is 0.359 e. The monoisotopic (exact) mass is 439 g/mol. The number of hydrogen-bond donors (Lipinski definition) is 0. The van der Waals surface area contributed by atoms with Gasteiger partial charge in [-0.3, -0.25) is 0 Å². The fourth-order valence-corrected chi connectivity index (χ4v) is 3.97. The molecule has 168 valence electrons. The molecule has 5 heteroatoms. The van der Waals surface area contributed by atoms with Gasteiger partial charge in [-0.15, -0.1) is 4.85 Å². The van der Waals surface area contributed by atoms with E-state index in [0.717, 1.165) is 22.2 Å². The van der Waals surface area contributed by atoms with Gasteiger partial charge in [0.1, 0.15) is 5.21 Å². The van der Waals surface area contributed by atoms with Crippen molar-refractivity contribution in [2.45, 2.75) is 45.4 Å². The Labute approximate surface area is 194 Å². The van der Waals surface area contributed by atoms with Gasteiger partial charge in [-0.1, -0.05) is 98.0 Å². The highest BCUT2D eigenvalue weighted by Gasteiger charge is 2.18. The lowest BCUT2D eigenvalue weighted by Gasteiger charge is -2.05. The number of hydrogen-bond acceptors (Lipinski definition) is 3. The van der Waals surface area contributed by atoms with Crippen molar-refractivity contribution in [1.82, 2.24) is 9.90 Å². The highest BCUT2D eigenvalue weighted by molar-refractivity contribution is 5.97. The zero-order chi connectivity index (χ0) is 23.0. The van der Waals surface area contributed by atoms with E-state index in [1.54, 1.807) is 30.3 Å². The molecule has 0 amide bonds. The maximum Gasteiger partial charge on any atom is 0.359 e. The number of unbranched alkanes of at least 4 members (excludes halogenated alkanes) is 4. The zero-order valence-corrected chi connectivity index (χ0v) is 19.0. The standard InChI is InChI=1S/C28H29N3O2/c1-2-3-4-5-6-9-22-12-17-24(18-13-22)25-19-14-23(15-20-25)16-21-28(32)30-26-10-7-8-11-27(26)31(33)29-30/h7-8,10-21H,2-6,9H2,1H3/b21-16+. The second-order valence-electron chi connectivity index (χ2n) is 8.32. The molecule has 0 spiro atoms. The summed E-state index contributed by atoms with van der Waals surface area (Å²) in [4.78, 5) is 13.0. The number of rotatable bonds is 9. The number of aryl methyl sites for hydroxylation is 1. The van der Waals surface area contributed by atoms with Gasteiger partial charge in [0.15, 0.2) is 0 Å². The molecule has 1 aromatic heterocycles. The highest BCUT2D eigenvalue weighted by Crippen LogP contribution is 2.22. The van der Waals surface area contributed by atoms with E-state index in [1.807, 2.05) is 12.1 Å². The average Bonchev–Trinajstić information content (AvgIpc) is 3.20. The van der Waals surface area contributed by atoms with E-state index >= 15 is 0 Å². The summed E-state index contributed by atoms with van der Waals surface area (Å²) in [5.74, 6) is -0.366. The molecule has 0 saturated carbocycles. The van der Waals surface area contributed by atoms with Crippen LogP contribution in [0.25, 0.3) is 28.2 Å². The number of para-hydroxylation sites is 2. The molecule has 1 heterocycles. The summed E-state index contributed by atoms with van der Waals surface area (Å²) in [5, 5.41) is 15.6. The number of aromatic nitrogens is 3. The zero-order valence-electron chi connectivity index (χ0n) is 19.0. The second kappa shape index (κ2) is 10.7. The Morgan fingerprint density at radius 3 is 2.30 bits per heavy atom. The molecule has 0 N–H and O–H groups in total. The summed E-state index contributed by atoms with van der Waals surface area (Å²) in [5.41, 5.74) is 5.46. The Morgan fingerprint density at radius 2 is 1.58 bits per heavy atom.